The highest BCUT2D eigenvalue weighted by molar-refractivity contribution is 14.0. The minimum absolute atomic E-state index is 0. The molecule has 1 aromatic rings. The average Bonchev–Trinajstić information content (AvgIpc) is 2.83. The van der Waals surface area contributed by atoms with Crippen molar-refractivity contribution in [3.05, 3.63) is 16.1 Å². The lowest BCUT2D eigenvalue weighted by Gasteiger charge is -2.10. The second-order valence-electron chi connectivity index (χ2n) is 4.12. The largest absolute Gasteiger partial charge is 0.382 e. The van der Waals surface area contributed by atoms with Crippen LogP contribution in [0.5, 0.6) is 0 Å². The predicted octanol–water partition coefficient (Wildman–Crippen LogP) is 2.55. The predicted molar refractivity (Wildman–Crippen MR) is 96.2 cm³/mol. The zero-order valence-corrected chi connectivity index (χ0v) is 15.6. The molecule has 0 aliphatic heterocycles. The number of aromatic nitrogens is 1. The number of guanidine groups is 1. The van der Waals surface area contributed by atoms with Crippen molar-refractivity contribution >= 4 is 41.3 Å². The van der Waals surface area contributed by atoms with Gasteiger partial charge in [0.25, 0.3) is 0 Å². The summed E-state index contributed by atoms with van der Waals surface area (Å²) in [4.78, 5) is 9.72. The molecular weight excluding hydrogens is 387 g/mol. The summed E-state index contributed by atoms with van der Waals surface area (Å²) in [5, 5.41) is 7.62. The number of ether oxygens (including phenoxy) is 1. The van der Waals surface area contributed by atoms with E-state index in [0.29, 0.717) is 0 Å². The zero-order valence-electron chi connectivity index (χ0n) is 12.4. The number of nitrogens with one attached hydrogen (secondary N) is 2. The summed E-state index contributed by atoms with van der Waals surface area (Å²) in [6.07, 6.45) is 4.05. The van der Waals surface area contributed by atoms with Crippen LogP contribution in [-0.2, 0) is 11.3 Å². The van der Waals surface area contributed by atoms with Crippen LogP contribution in [-0.4, -0.2) is 37.7 Å². The molecule has 0 radical (unpaired) electrons. The molecule has 0 aromatic carbocycles. The molecule has 7 heteroatoms. The molecule has 0 bridgehead atoms. The molecule has 0 spiro atoms. The van der Waals surface area contributed by atoms with Gasteiger partial charge in [-0.3, -0.25) is 4.99 Å². The highest BCUT2D eigenvalue weighted by Gasteiger charge is 2.01. The first-order valence-corrected chi connectivity index (χ1v) is 7.51. The van der Waals surface area contributed by atoms with E-state index < -0.39 is 0 Å². The van der Waals surface area contributed by atoms with Gasteiger partial charge in [-0.1, -0.05) is 0 Å². The number of unbranched alkanes of at least 4 members (excludes halogenated alkanes) is 1. The second-order valence-corrected chi connectivity index (χ2v) is 5.44. The van der Waals surface area contributed by atoms with Crippen molar-refractivity contribution in [1.82, 2.24) is 15.6 Å². The first kappa shape index (κ1) is 19.6. The van der Waals surface area contributed by atoms with Gasteiger partial charge in [-0.2, -0.15) is 0 Å². The molecule has 0 aliphatic carbocycles. The van der Waals surface area contributed by atoms with Crippen molar-refractivity contribution < 1.29 is 4.74 Å². The Balaban J connectivity index is 0.00000361. The first-order chi connectivity index (χ1) is 9.26. The number of aryl methyl sites for hydroxylation is 1. The van der Waals surface area contributed by atoms with Crippen LogP contribution in [0.1, 0.15) is 29.7 Å². The van der Waals surface area contributed by atoms with E-state index in [1.54, 1.807) is 18.4 Å². The lowest BCUT2D eigenvalue weighted by atomic mass is 10.3. The van der Waals surface area contributed by atoms with Crippen LogP contribution in [0.2, 0.25) is 0 Å². The monoisotopic (exact) mass is 412 g/mol. The maximum Gasteiger partial charge on any atom is 0.191 e. The van der Waals surface area contributed by atoms with Gasteiger partial charge < -0.3 is 15.4 Å². The van der Waals surface area contributed by atoms with Crippen LogP contribution in [0, 0.1) is 6.92 Å². The van der Waals surface area contributed by atoms with E-state index in [1.165, 1.54) is 4.88 Å². The van der Waals surface area contributed by atoms with Crippen molar-refractivity contribution in [2.75, 3.05) is 26.8 Å². The van der Waals surface area contributed by atoms with E-state index in [9.17, 15) is 0 Å². The molecule has 5 nitrogen and oxygen atoms in total. The zero-order chi connectivity index (χ0) is 13.9. The van der Waals surface area contributed by atoms with Gasteiger partial charge in [0.05, 0.1) is 6.54 Å². The molecular formula is C13H25IN4OS. The highest BCUT2D eigenvalue weighted by Crippen LogP contribution is 2.10. The first-order valence-electron chi connectivity index (χ1n) is 6.69. The fourth-order valence-corrected chi connectivity index (χ4v) is 2.27. The lowest BCUT2D eigenvalue weighted by molar-refractivity contribution is 0.143. The Hall–Kier alpha value is -0.410. The summed E-state index contributed by atoms with van der Waals surface area (Å²) in [7, 11) is 1.78. The third-order valence-electron chi connectivity index (χ3n) is 2.51. The van der Waals surface area contributed by atoms with E-state index in [-0.39, 0.29) is 24.0 Å². The number of rotatable bonds is 8. The van der Waals surface area contributed by atoms with Crippen molar-refractivity contribution in [2.45, 2.75) is 33.2 Å². The third-order valence-corrected chi connectivity index (χ3v) is 3.42. The number of hydrogen-bond donors (Lipinski definition) is 2. The number of halogens is 1. The Kier molecular flexibility index (Phi) is 12.1. The SMILES string of the molecule is CCOCCCCNC(=NC)NCc1ncc(C)s1.I. The van der Waals surface area contributed by atoms with Gasteiger partial charge >= 0.3 is 0 Å². The van der Waals surface area contributed by atoms with Gasteiger partial charge in [-0.25, -0.2) is 4.98 Å². The highest BCUT2D eigenvalue weighted by atomic mass is 127. The lowest BCUT2D eigenvalue weighted by Crippen LogP contribution is -2.37. The summed E-state index contributed by atoms with van der Waals surface area (Å²) in [6, 6.07) is 0. The minimum atomic E-state index is 0. The Morgan fingerprint density at radius 3 is 2.80 bits per heavy atom. The molecule has 116 valence electrons. The van der Waals surface area contributed by atoms with E-state index in [2.05, 4.69) is 27.5 Å². The van der Waals surface area contributed by atoms with Crippen LogP contribution in [0.25, 0.3) is 0 Å². The minimum Gasteiger partial charge on any atom is -0.382 e. The van der Waals surface area contributed by atoms with Gasteiger partial charge in [0, 0.05) is 37.9 Å². The van der Waals surface area contributed by atoms with Gasteiger partial charge in [0.15, 0.2) is 5.96 Å². The maximum absolute atomic E-state index is 5.29. The van der Waals surface area contributed by atoms with Crippen LogP contribution in [0.15, 0.2) is 11.2 Å². The van der Waals surface area contributed by atoms with Gasteiger partial charge in [0.2, 0.25) is 0 Å². The van der Waals surface area contributed by atoms with E-state index in [0.717, 1.165) is 50.1 Å². The summed E-state index contributed by atoms with van der Waals surface area (Å²) in [6.45, 7) is 7.34. The molecule has 1 aromatic heterocycles. The molecule has 0 fully saturated rings. The molecule has 0 unspecified atom stereocenters. The number of nitrogens with zero attached hydrogens (tertiary/aromatic N) is 2. The average molecular weight is 412 g/mol. The van der Waals surface area contributed by atoms with Crippen molar-refractivity contribution in [3.8, 4) is 0 Å². The summed E-state index contributed by atoms with van der Waals surface area (Å²) >= 11 is 1.70. The Bertz CT molecular complexity index is 384. The number of hydrogen-bond acceptors (Lipinski definition) is 4. The van der Waals surface area contributed by atoms with Crippen molar-refractivity contribution in [2.24, 2.45) is 4.99 Å². The molecule has 20 heavy (non-hydrogen) atoms. The normalized spacial score (nSPS) is 11.1. The standard InChI is InChI=1S/C13H24N4OS.HI/c1-4-18-8-6-5-7-15-13(14-3)17-10-12-16-9-11(2)19-12;/h9H,4-8,10H2,1-3H3,(H2,14,15,17);1H. The summed E-state index contributed by atoms with van der Waals surface area (Å²) in [5.41, 5.74) is 0. The Morgan fingerprint density at radius 2 is 2.20 bits per heavy atom. The smallest absolute Gasteiger partial charge is 0.191 e. The maximum atomic E-state index is 5.29. The molecule has 0 atom stereocenters. The van der Waals surface area contributed by atoms with Crippen molar-refractivity contribution in [1.29, 1.82) is 0 Å². The third kappa shape index (κ3) is 8.70. The van der Waals surface area contributed by atoms with Crippen LogP contribution in [0.3, 0.4) is 0 Å². The Morgan fingerprint density at radius 1 is 1.40 bits per heavy atom. The van der Waals surface area contributed by atoms with E-state index >= 15 is 0 Å². The molecule has 1 rings (SSSR count). The molecule has 0 aliphatic rings. The molecule has 0 amide bonds. The fourth-order valence-electron chi connectivity index (χ4n) is 1.54. The quantitative estimate of drug-likeness (QED) is 0.298. The summed E-state index contributed by atoms with van der Waals surface area (Å²) in [5.74, 6) is 0.823. The number of aliphatic imine (C=N–C) groups is 1. The molecule has 0 saturated carbocycles. The van der Waals surface area contributed by atoms with Crippen LogP contribution < -0.4 is 10.6 Å². The topological polar surface area (TPSA) is 58.5 Å². The van der Waals surface area contributed by atoms with Gasteiger partial charge in [0.1, 0.15) is 5.01 Å². The van der Waals surface area contributed by atoms with E-state index in [4.69, 9.17) is 4.74 Å². The molecule has 1 heterocycles. The molecule has 2 N–H and O–H groups in total. The summed E-state index contributed by atoms with van der Waals surface area (Å²) < 4.78 is 5.29. The van der Waals surface area contributed by atoms with E-state index in [1.807, 2.05) is 13.1 Å². The fraction of sp³-hybridized carbons (Fsp3) is 0.692. The second kappa shape index (κ2) is 12.3. The molecule has 0 saturated heterocycles. The van der Waals surface area contributed by atoms with Gasteiger partial charge in [-0.15, -0.1) is 35.3 Å². The van der Waals surface area contributed by atoms with Crippen LogP contribution in [0.4, 0.5) is 0 Å². The Labute approximate surface area is 142 Å². The number of thiazole rings is 1. The van der Waals surface area contributed by atoms with Crippen LogP contribution >= 0.6 is 35.3 Å². The van der Waals surface area contributed by atoms with Gasteiger partial charge in [-0.05, 0) is 26.7 Å². The van der Waals surface area contributed by atoms with Crippen molar-refractivity contribution in [3.63, 3.8) is 0 Å².